The van der Waals surface area contributed by atoms with Gasteiger partial charge < -0.3 is 10.5 Å². The van der Waals surface area contributed by atoms with Gasteiger partial charge in [0, 0.05) is 26.2 Å². The highest BCUT2D eigenvalue weighted by atomic mass is 16.6. The summed E-state index contributed by atoms with van der Waals surface area (Å²) in [4.78, 5) is 27.9. The smallest absolute Gasteiger partial charge is 0.320 e. The molecular formula is C18H27N3O3. The Morgan fingerprint density at radius 3 is 2.46 bits per heavy atom. The van der Waals surface area contributed by atoms with Gasteiger partial charge in [0.15, 0.2) is 0 Å². The van der Waals surface area contributed by atoms with Crippen molar-refractivity contribution < 1.29 is 14.3 Å². The van der Waals surface area contributed by atoms with E-state index in [0.717, 1.165) is 13.1 Å². The minimum absolute atomic E-state index is 0.0874. The summed E-state index contributed by atoms with van der Waals surface area (Å²) in [6.45, 7) is 8.25. The third kappa shape index (κ3) is 5.62. The fourth-order valence-corrected chi connectivity index (χ4v) is 2.86. The van der Waals surface area contributed by atoms with Crippen LogP contribution in [0.3, 0.4) is 0 Å². The Bertz CT molecular complexity index is 569. The second kappa shape index (κ2) is 7.77. The van der Waals surface area contributed by atoms with Crippen molar-refractivity contribution in [3.8, 4) is 0 Å². The molecule has 1 aromatic carbocycles. The Labute approximate surface area is 143 Å². The molecule has 6 nitrogen and oxygen atoms in total. The maximum atomic E-state index is 12.0. The van der Waals surface area contributed by atoms with Crippen molar-refractivity contribution in [2.75, 3.05) is 26.2 Å². The summed E-state index contributed by atoms with van der Waals surface area (Å²) < 4.78 is 5.34. The van der Waals surface area contributed by atoms with E-state index in [1.807, 2.05) is 43.9 Å². The molecular weight excluding hydrogens is 306 g/mol. The third-order valence-electron chi connectivity index (χ3n) is 3.90. The van der Waals surface area contributed by atoms with Gasteiger partial charge in [-0.1, -0.05) is 30.3 Å². The summed E-state index contributed by atoms with van der Waals surface area (Å²) in [5.74, 6) is -0.735. The van der Waals surface area contributed by atoms with E-state index < -0.39 is 17.6 Å². The highest BCUT2D eigenvalue weighted by Gasteiger charge is 2.33. The van der Waals surface area contributed by atoms with Crippen LogP contribution in [0.1, 0.15) is 26.3 Å². The zero-order valence-electron chi connectivity index (χ0n) is 14.7. The number of nitrogens with two attached hydrogens (primary N) is 1. The molecule has 1 aliphatic rings. The van der Waals surface area contributed by atoms with Gasteiger partial charge >= 0.3 is 5.97 Å². The summed E-state index contributed by atoms with van der Waals surface area (Å²) in [7, 11) is 0. The predicted octanol–water partition coefficient (Wildman–Crippen LogP) is 1.000. The summed E-state index contributed by atoms with van der Waals surface area (Å²) in [5.41, 5.74) is 6.22. The van der Waals surface area contributed by atoms with Crippen LogP contribution in [0.4, 0.5) is 0 Å². The first-order valence-corrected chi connectivity index (χ1v) is 8.26. The monoisotopic (exact) mass is 333 g/mol. The Hall–Kier alpha value is -1.92. The Balaban J connectivity index is 1.95. The molecule has 0 aliphatic carbocycles. The lowest BCUT2D eigenvalue weighted by Gasteiger charge is -2.39. The van der Waals surface area contributed by atoms with Crippen LogP contribution in [0.5, 0.6) is 0 Å². The van der Waals surface area contributed by atoms with E-state index in [-0.39, 0.29) is 12.5 Å². The van der Waals surface area contributed by atoms with E-state index in [9.17, 15) is 9.59 Å². The molecule has 132 valence electrons. The molecule has 1 atom stereocenters. The molecule has 24 heavy (non-hydrogen) atoms. The maximum absolute atomic E-state index is 12.0. The van der Waals surface area contributed by atoms with Crippen LogP contribution in [0.2, 0.25) is 0 Å². The van der Waals surface area contributed by atoms with Crippen molar-refractivity contribution in [3.63, 3.8) is 0 Å². The molecule has 1 unspecified atom stereocenters. The number of esters is 1. The molecule has 1 amide bonds. The van der Waals surface area contributed by atoms with Gasteiger partial charge in [-0.25, -0.2) is 0 Å². The zero-order chi connectivity index (χ0) is 17.7. The number of amides is 1. The first-order chi connectivity index (χ1) is 11.2. The third-order valence-corrected chi connectivity index (χ3v) is 3.90. The van der Waals surface area contributed by atoms with Crippen LogP contribution in [-0.2, 0) is 20.9 Å². The number of hydrogen-bond acceptors (Lipinski definition) is 5. The van der Waals surface area contributed by atoms with Gasteiger partial charge in [0.2, 0.25) is 5.91 Å². The van der Waals surface area contributed by atoms with Crippen LogP contribution >= 0.6 is 0 Å². The molecule has 1 aliphatic heterocycles. The largest absolute Gasteiger partial charge is 0.459 e. The van der Waals surface area contributed by atoms with Crippen LogP contribution < -0.4 is 5.73 Å². The molecule has 2 N–H and O–H groups in total. The average Bonchev–Trinajstić information content (AvgIpc) is 2.47. The van der Waals surface area contributed by atoms with E-state index in [2.05, 4.69) is 17.0 Å². The standard InChI is InChI=1S/C18H27N3O3/c1-18(2,3)24-16(22)13-21-10-9-20(12-15(21)17(19)23)11-14-7-5-4-6-8-14/h4-8,15H,9-13H2,1-3H3,(H2,19,23). The number of primary amides is 1. The lowest BCUT2D eigenvalue weighted by molar-refractivity contribution is -0.157. The van der Waals surface area contributed by atoms with Gasteiger partial charge in [-0.3, -0.25) is 19.4 Å². The highest BCUT2D eigenvalue weighted by molar-refractivity contribution is 5.81. The zero-order valence-corrected chi connectivity index (χ0v) is 14.7. The van der Waals surface area contributed by atoms with E-state index in [1.165, 1.54) is 5.56 Å². The molecule has 2 rings (SSSR count). The number of hydrogen-bond donors (Lipinski definition) is 1. The summed E-state index contributed by atoms with van der Waals surface area (Å²) in [5, 5.41) is 0. The van der Waals surface area contributed by atoms with Crippen molar-refractivity contribution in [1.29, 1.82) is 0 Å². The second-order valence-electron chi connectivity index (χ2n) is 7.20. The predicted molar refractivity (Wildman–Crippen MR) is 92.1 cm³/mol. The molecule has 1 aromatic rings. The topological polar surface area (TPSA) is 75.9 Å². The van der Waals surface area contributed by atoms with Crippen molar-refractivity contribution >= 4 is 11.9 Å². The van der Waals surface area contributed by atoms with E-state index in [1.54, 1.807) is 0 Å². The van der Waals surface area contributed by atoms with E-state index in [4.69, 9.17) is 10.5 Å². The average molecular weight is 333 g/mol. The second-order valence-corrected chi connectivity index (χ2v) is 7.20. The van der Waals surface area contributed by atoms with Gasteiger partial charge in [0.1, 0.15) is 11.6 Å². The van der Waals surface area contributed by atoms with Gasteiger partial charge in [-0.05, 0) is 26.3 Å². The molecule has 1 heterocycles. The van der Waals surface area contributed by atoms with Crippen LogP contribution in [0, 0.1) is 0 Å². The number of piperazine rings is 1. The maximum Gasteiger partial charge on any atom is 0.320 e. The van der Waals surface area contributed by atoms with Gasteiger partial charge in [0.05, 0.1) is 6.54 Å². The fourth-order valence-electron chi connectivity index (χ4n) is 2.86. The molecule has 0 radical (unpaired) electrons. The van der Waals surface area contributed by atoms with Crippen LogP contribution in [0.25, 0.3) is 0 Å². The summed E-state index contributed by atoms with van der Waals surface area (Å²) in [6, 6.07) is 9.63. The van der Waals surface area contributed by atoms with Gasteiger partial charge in [-0.2, -0.15) is 0 Å². The van der Waals surface area contributed by atoms with Crippen LogP contribution in [0.15, 0.2) is 30.3 Å². The van der Waals surface area contributed by atoms with Crippen molar-refractivity contribution in [2.24, 2.45) is 5.73 Å². The highest BCUT2D eigenvalue weighted by Crippen LogP contribution is 2.15. The van der Waals surface area contributed by atoms with Crippen molar-refractivity contribution in [2.45, 2.75) is 39.0 Å². The lowest BCUT2D eigenvalue weighted by Crippen LogP contribution is -2.59. The molecule has 6 heteroatoms. The Kier molecular flexibility index (Phi) is 5.96. The summed E-state index contributed by atoms with van der Waals surface area (Å²) in [6.07, 6.45) is 0. The van der Waals surface area contributed by atoms with E-state index in [0.29, 0.717) is 13.1 Å². The van der Waals surface area contributed by atoms with Crippen molar-refractivity contribution in [3.05, 3.63) is 35.9 Å². The van der Waals surface area contributed by atoms with Gasteiger partial charge in [-0.15, -0.1) is 0 Å². The number of nitrogens with zero attached hydrogens (tertiary/aromatic N) is 2. The van der Waals surface area contributed by atoms with E-state index >= 15 is 0 Å². The molecule has 1 fully saturated rings. The SMILES string of the molecule is CC(C)(C)OC(=O)CN1CCN(Cc2ccccc2)CC1C(N)=O. The summed E-state index contributed by atoms with van der Waals surface area (Å²) >= 11 is 0. The minimum Gasteiger partial charge on any atom is -0.459 e. The Morgan fingerprint density at radius 1 is 1.21 bits per heavy atom. The van der Waals surface area contributed by atoms with Crippen LogP contribution in [-0.4, -0.2) is 59.5 Å². The molecule has 0 bridgehead atoms. The number of carbonyl (C=O) groups is 2. The Morgan fingerprint density at radius 2 is 1.88 bits per heavy atom. The first-order valence-electron chi connectivity index (χ1n) is 8.26. The number of ether oxygens (including phenoxy) is 1. The molecule has 1 saturated heterocycles. The quantitative estimate of drug-likeness (QED) is 0.814. The molecule has 0 saturated carbocycles. The molecule has 0 aromatic heterocycles. The fraction of sp³-hybridized carbons (Fsp3) is 0.556. The normalized spacial score (nSPS) is 19.9. The number of rotatable bonds is 5. The number of benzene rings is 1. The van der Waals surface area contributed by atoms with Gasteiger partial charge in [0.25, 0.3) is 0 Å². The molecule has 0 spiro atoms. The first kappa shape index (κ1) is 18.4. The lowest BCUT2D eigenvalue weighted by atomic mass is 10.1. The number of carbonyl (C=O) groups excluding carboxylic acids is 2. The van der Waals surface area contributed by atoms with Crippen molar-refractivity contribution in [1.82, 2.24) is 9.80 Å². The minimum atomic E-state index is -0.533.